The molecular weight excluding hydrogens is 294 g/mol. The van der Waals surface area contributed by atoms with Crippen LogP contribution in [-0.2, 0) is 11.3 Å². The van der Waals surface area contributed by atoms with Gasteiger partial charge < -0.3 is 4.74 Å². The Morgan fingerprint density at radius 2 is 1.95 bits per heavy atom. The second kappa shape index (κ2) is 6.54. The zero-order chi connectivity index (χ0) is 15.4. The van der Waals surface area contributed by atoms with Crippen molar-refractivity contribution in [1.29, 1.82) is 0 Å². The summed E-state index contributed by atoms with van der Waals surface area (Å²) in [6.07, 6.45) is 0. The first-order valence-corrected chi connectivity index (χ1v) is 7.84. The van der Waals surface area contributed by atoms with Crippen LogP contribution in [-0.4, -0.2) is 11.0 Å². The molecule has 22 heavy (non-hydrogen) atoms. The highest BCUT2D eigenvalue weighted by Crippen LogP contribution is 2.23. The van der Waals surface area contributed by atoms with Crippen LogP contribution >= 0.6 is 11.3 Å². The summed E-state index contributed by atoms with van der Waals surface area (Å²) in [6.45, 7) is 2.14. The van der Waals surface area contributed by atoms with Crippen LogP contribution in [0, 0.1) is 6.92 Å². The Morgan fingerprint density at radius 1 is 1.14 bits per heavy atom. The van der Waals surface area contributed by atoms with E-state index in [9.17, 15) is 4.79 Å². The SMILES string of the molecule is Cc1cccc(C(=O)OCc2csc(-c3ccccc3)n2)c1. The summed E-state index contributed by atoms with van der Waals surface area (Å²) in [6, 6.07) is 17.3. The van der Waals surface area contributed by atoms with Crippen LogP contribution in [0.3, 0.4) is 0 Å². The molecule has 0 N–H and O–H groups in total. The Morgan fingerprint density at radius 3 is 2.73 bits per heavy atom. The molecular formula is C18H15NO2S. The van der Waals surface area contributed by atoms with Crippen molar-refractivity contribution in [2.24, 2.45) is 0 Å². The lowest BCUT2D eigenvalue weighted by molar-refractivity contribution is 0.0468. The molecule has 110 valence electrons. The van der Waals surface area contributed by atoms with Crippen molar-refractivity contribution in [1.82, 2.24) is 4.98 Å². The zero-order valence-electron chi connectivity index (χ0n) is 12.2. The van der Waals surface area contributed by atoms with Gasteiger partial charge >= 0.3 is 5.97 Å². The van der Waals surface area contributed by atoms with Gasteiger partial charge in [-0.1, -0.05) is 48.0 Å². The highest BCUT2D eigenvalue weighted by atomic mass is 32.1. The maximum Gasteiger partial charge on any atom is 0.338 e. The van der Waals surface area contributed by atoms with E-state index < -0.39 is 0 Å². The lowest BCUT2D eigenvalue weighted by Gasteiger charge is -2.03. The van der Waals surface area contributed by atoms with Gasteiger partial charge in [-0.2, -0.15) is 0 Å². The van der Waals surface area contributed by atoms with Crippen LogP contribution in [0.4, 0.5) is 0 Å². The minimum absolute atomic E-state index is 0.191. The third-order valence-corrected chi connectivity index (χ3v) is 4.12. The van der Waals surface area contributed by atoms with E-state index in [0.717, 1.165) is 21.8 Å². The third-order valence-electron chi connectivity index (χ3n) is 3.18. The highest BCUT2D eigenvalue weighted by Gasteiger charge is 2.09. The fourth-order valence-electron chi connectivity index (χ4n) is 2.08. The second-order valence-electron chi connectivity index (χ2n) is 4.96. The molecule has 0 atom stereocenters. The second-order valence-corrected chi connectivity index (χ2v) is 5.81. The molecule has 0 unspecified atom stereocenters. The first kappa shape index (κ1) is 14.5. The van der Waals surface area contributed by atoms with E-state index in [1.807, 2.05) is 60.8 Å². The van der Waals surface area contributed by atoms with Crippen molar-refractivity contribution in [3.63, 3.8) is 0 Å². The van der Waals surface area contributed by atoms with Crippen molar-refractivity contribution in [2.45, 2.75) is 13.5 Å². The van der Waals surface area contributed by atoms with Crippen molar-refractivity contribution in [2.75, 3.05) is 0 Å². The maximum absolute atomic E-state index is 12.0. The van der Waals surface area contributed by atoms with Crippen LogP contribution in [0.25, 0.3) is 10.6 Å². The molecule has 0 radical (unpaired) electrons. The Balaban J connectivity index is 1.65. The lowest BCUT2D eigenvalue weighted by Crippen LogP contribution is -2.05. The van der Waals surface area contributed by atoms with Crippen molar-refractivity contribution in [3.05, 3.63) is 76.8 Å². The lowest BCUT2D eigenvalue weighted by atomic mass is 10.1. The van der Waals surface area contributed by atoms with Gasteiger partial charge in [0.1, 0.15) is 11.6 Å². The number of aromatic nitrogens is 1. The fourth-order valence-corrected chi connectivity index (χ4v) is 2.89. The average Bonchev–Trinajstić information content (AvgIpc) is 3.02. The predicted octanol–water partition coefficient (Wildman–Crippen LogP) is 4.48. The topological polar surface area (TPSA) is 39.2 Å². The molecule has 1 heterocycles. The number of aryl methyl sites for hydroxylation is 1. The van der Waals surface area contributed by atoms with E-state index in [2.05, 4.69) is 4.98 Å². The van der Waals surface area contributed by atoms with E-state index in [1.165, 1.54) is 0 Å². The molecule has 0 fully saturated rings. The number of rotatable bonds is 4. The van der Waals surface area contributed by atoms with Gasteiger partial charge in [0.05, 0.1) is 11.3 Å². The summed E-state index contributed by atoms with van der Waals surface area (Å²) in [4.78, 5) is 16.5. The number of benzene rings is 2. The van der Waals surface area contributed by atoms with Crippen molar-refractivity contribution >= 4 is 17.3 Å². The number of ether oxygens (including phenoxy) is 1. The van der Waals surface area contributed by atoms with Crippen LogP contribution < -0.4 is 0 Å². The smallest absolute Gasteiger partial charge is 0.338 e. The molecule has 0 bridgehead atoms. The molecule has 1 aromatic heterocycles. The minimum Gasteiger partial charge on any atom is -0.456 e. The van der Waals surface area contributed by atoms with Gasteiger partial charge in [0.2, 0.25) is 0 Å². The van der Waals surface area contributed by atoms with Crippen LogP contribution in [0.1, 0.15) is 21.6 Å². The molecule has 0 aliphatic rings. The molecule has 3 nitrogen and oxygen atoms in total. The Bertz CT molecular complexity index is 781. The highest BCUT2D eigenvalue weighted by molar-refractivity contribution is 7.13. The van der Waals surface area contributed by atoms with Gasteiger partial charge in [-0.15, -0.1) is 11.3 Å². The van der Waals surface area contributed by atoms with Crippen molar-refractivity contribution < 1.29 is 9.53 Å². The summed E-state index contributed by atoms with van der Waals surface area (Å²) in [5.74, 6) is -0.321. The normalized spacial score (nSPS) is 10.4. The molecule has 0 aliphatic carbocycles. The predicted molar refractivity (Wildman–Crippen MR) is 87.8 cm³/mol. The number of hydrogen-bond acceptors (Lipinski definition) is 4. The van der Waals surface area contributed by atoms with Gasteiger partial charge in [0.15, 0.2) is 0 Å². The van der Waals surface area contributed by atoms with Gasteiger partial charge in [-0.3, -0.25) is 0 Å². The van der Waals surface area contributed by atoms with Gasteiger partial charge in [-0.05, 0) is 19.1 Å². The number of carbonyl (C=O) groups excluding carboxylic acids is 1. The molecule has 4 heteroatoms. The molecule has 3 rings (SSSR count). The molecule has 0 saturated carbocycles. The fraction of sp³-hybridized carbons (Fsp3) is 0.111. The van der Waals surface area contributed by atoms with E-state index in [0.29, 0.717) is 5.56 Å². The Hall–Kier alpha value is -2.46. The summed E-state index contributed by atoms with van der Waals surface area (Å²) < 4.78 is 5.32. The average molecular weight is 309 g/mol. The minimum atomic E-state index is -0.321. The monoisotopic (exact) mass is 309 g/mol. The Labute approximate surface area is 133 Å². The molecule has 0 saturated heterocycles. The summed E-state index contributed by atoms with van der Waals surface area (Å²) in [7, 11) is 0. The van der Waals surface area contributed by atoms with E-state index in [1.54, 1.807) is 17.4 Å². The number of hydrogen-bond donors (Lipinski definition) is 0. The van der Waals surface area contributed by atoms with Crippen LogP contribution in [0.2, 0.25) is 0 Å². The Kier molecular flexibility index (Phi) is 4.30. The molecule has 2 aromatic carbocycles. The molecule has 0 aliphatic heterocycles. The van der Waals surface area contributed by atoms with E-state index in [-0.39, 0.29) is 12.6 Å². The van der Waals surface area contributed by atoms with Crippen LogP contribution in [0.5, 0.6) is 0 Å². The molecule has 0 amide bonds. The largest absolute Gasteiger partial charge is 0.456 e. The summed E-state index contributed by atoms with van der Waals surface area (Å²) in [5, 5.41) is 2.86. The first-order chi connectivity index (χ1) is 10.7. The van der Waals surface area contributed by atoms with Gasteiger partial charge in [0.25, 0.3) is 0 Å². The summed E-state index contributed by atoms with van der Waals surface area (Å²) >= 11 is 1.55. The number of esters is 1. The molecule has 3 aromatic rings. The van der Waals surface area contributed by atoms with Gasteiger partial charge in [-0.25, -0.2) is 9.78 Å². The number of carbonyl (C=O) groups is 1. The van der Waals surface area contributed by atoms with E-state index >= 15 is 0 Å². The number of nitrogens with zero attached hydrogens (tertiary/aromatic N) is 1. The quantitative estimate of drug-likeness (QED) is 0.667. The zero-order valence-corrected chi connectivity index (χ0v) is 13.0. The number of thiazole rings is 1. The standard InChI is InChI=1S/C18H15NO2S/c1-13-6-5-9-15(10-13)18(20)21-11-16-12-22-17(19-16)14-7-3-2-4-8-14/h2-10,12H,11H2,1H3. The van der Waals surface area contributed by atoms with Crippen molar-refractivity contribution in [3.8, 4) is 10.6 Å². The van der Waals surface area contributed by atoms with Gasteiger partial charge in [0, 0.05) is 10.9 Å². The van der Waals surface area contributed by atoms with E-state index in [4.69, 9.17) is 4.74 Å². The molecule has 0 spiro atoms. The van der Waals surface area contributed by atoms with Crippen LogP contribution in [0.15, 0.2) is 60.0 Å². The maximum atomic E-state index is 12.0. The summed E-state index contributed by atoms with van der Waals surface area (Å²) in [5.41, 5.74) is 3.45. The third kappa shape index (κ3) is 3.40. The first-order valence-electron chi connectivity index (χ1n) is 6.96.